The van der Waals surface area contributed by atoms with E-state index in [0.29, 0.717) is 73.6 Å². The van der Waals surface area contributed by atoms with Gasteiger partial charge in [0.05, 0.1) is 6.67 Å². The van der Waals surface area contributed by atoms with Gasteiger partial charge in [-0.1, -0.05) is 129 Å². The lowest BCUT2D eigenvalue weighted by atomic mass is 9.89. The molecular formula is C46H94N4O5. The van der Waals surface area contributed by atoms with Gasteiger partial charge in [-0.2, -0.15) is 0 Å². The van der Waals surface area contributed by atoms with Crippen LogP contribution in [0, 0.1) is 21.7 Å². The van der Waals surface area contributed by atoms with Crippen molar-refractivity contribution in [2.75, 3.05) is 33.0 Å². The number of rotatable bonds is 26. The molecule has 0 aromatic heterocycles. The van der Waals surface area contributed by atoms with Crippen LogP contribution in [0.1, 0.15) is 219 Å². The van der Waals surface area contributed by atoms with Gasteiger partial charge in [0, 0.05) is 52.0 Å². The van der Waals surface area contributed by atoms with E-state index < -0.39 is 0 Å². The second-order valence-corrected chi connectivity index (χ2v) is 20.2. The molecule has 0 radical (unpaired) electrons. The van der Waals surface area contributed by atoms with Gasteiger partial charge >= 0.3 is 0 Å². The van der Waals surface area contributed by atoms with Crippen molar-refractivity contribution in [1.29, 1.82) is 0 Å². The molecule has 4 N–H and O–H groups in total. The van der Waals surface area contributed by atoms with Gasteiger partial charge in [0.2, 0.25) is 23.6 Å². The predicted octanol–water partition coefficient (Wildman–Crippen LogP) is 11.0. The first-order valence-electron chi connectivity index (χ1n) is 22.1. The number of carbonyl (C=O) groups is 4. The molecule has 0 heterocycles. The molecule has 0 aliphatic rings. The highest BCUT2D eigenvalue weighted by atomic mass is 16.5. The Morgan fingerprint density at radius 2 is 0.618 bits per heavy atom. The Balaban J connectivity index is -0.000000937. The summed E-state index contributed by atoms with van der Waals surface area (Å²) in [6.45, 7) is 33.8. The van der Waals surface area contributed by atoms with Crippen LogP contribution in [0.5, 0.6) is 0 Å². The standard InChI is InChI=1S/C24H48N2O3.C19H38N2O2.C3H8/c1-23(2,3)15-9-7-13-21(27)25-17-11-19-29-20-12-18-26-22(28)14-8-10-16-24(4,5)6;1-18(2,3)13-9-7-11-16(22)20-15-21-17(23)12-8-10-14-19(4,5)6;1-3-2/h7-20H2,1-6H3,(H,25,27)(H,26,28);7-15H2,1-6H3,(H,20,22)(H,21,23);3H2,1-2H3. The fourth-order valence-corrected chi connectivity index (χ4v) is 5.26. The minimum absolute atomic E-state index is 0.0203. The van der Waals surface area contributed by atoms with Crippen molar-refractivity contribution < 1.29 is 23.9 Å². The maximum absolute atomic E-state index is 11.8. The zero-order chi connectivity index (χ0) is 42.8. The van der Waals surface area contributed by atoms with Gasteiger partial charge in [0.25, 0.3) is 0 Å². The molecule has 55 heavy (non-hydrogen) atoms. The highest BCUT2D eigenvalue weighted by Gasteiger charge is 2.13. The number of amides is 4. The van der Waals surface area contributed by atoms with Crippen LogP contribution in [0.4, 0.5) is 0 Å². The number of carbonyl (C=O) groups excluding carboxylic acids is 4. The molecule has 0 aromatic rings. The van der Waals surface area contributed by atoms with Crippen LogP contribution in [0.3, 0.4) is 0 Å². The van der Waals surface area contributed by atoms with E-state index in [1.807, 2.05) is 0 Å². The first kappa shape index (κ1) is 57.2. The van der Waals surface area contributed by atoms with Crippen molar-refractivity contribution in [3.63, 3.8) is 0 Å². The molecule has 0 saturated carbocycles. The fraction of sp³-hybridized carbons (Fsp3) is 0.913. The molecule has 0 bridgehead atoms. The highest BCUT2D eigenvalue weighted by Crippen LogP contribution is 2.24. The molecule has 9 heteroatoms. The third-order valence-corrected chi connectivity index (χ3v) is 8.47. The van der Waals surface area contributed by atoms with Crippen LogP contribution in [-0.2, 0) is 23.9 Å². The largest absolute Gasteiger partial charge is 0.381 e. The Morgan fingerprint density at radius 3 is 0.855 bits per heavy atom. The van der Waals surface area contributed by atoms with Gasteiger partial charge in [-0.05, 0) is 85.9 Å². The van der Waals surface area contributed by atoms with Gasteiger partial charge in [0.1, 0.15) is 0 Å². The highest BCUT2D eigenvalue weighted by molar-refractivity contribution is 5.78. The second kappa shape index (κ2) is 33.9. The lowest BCUT2D eigenvalue weighted by molar-refractivity contribution is -0.123. The van der Waals surface area contributed by atoms with Crippen LogP contribution in [-0.4, -0.2) is 56.6 Å². The van der Waals surface area contributed by atoms with Gasteiger partial charge < -0.3 is 26.0 Å². The molecule has 0 aromatic carbocycles. The van der Waals surface area contributed by atoms with E-state index in [2.05, 4.69) is 118 Å². The summed E-state index contributed by atoms with van der Waals surface area (Å²) in [5, 5.41) is 11.4. The van der Waals surface area contributed by atoms with E-state index in [-0.39, 0.29) is 30.3 Å². The average Bonchev–Trinajstić information content (AvgIpc) is 3.04. The smallest absolute Gasteiger partial charge is 0.221 e. The van der Waals surface area contributed by atoms with E-state index in [9.17, 15) is 19.2 Å². The van der Waals surface area contributed by atoms with E-state index in [1.165, 1.54) is 6.42 Å². The zero-order valence-corrected chi connectivity index (χ0v) is 39.0. The number of ether oxygens (including phenoxy) is 1. The Bertz CT molecular complexity index is 881. The van der Waals surface area contributed by atoms with E-state index in [1.54, 1.807) is 0 Å². The monoisotopic (exact) mass is 783 g/mol. The number of nitrogens with one attached hydrogen (secondary N) is 4. The number of hydrogen-bond acceptors (Lipinski definition) is 5. The Hall–Kier alpha value is -2.16. The molecule has 0 atom stereocenters. The normalized spacial score (nSPS) is 11.7. The van der Waals surface area contributed by atoms with Crippen LogP contribution >= 0.6 is 0 Å². The quantitative estimate of drug-likeness (QED) is 0.0513. The summed E-state index contributed by atoms with van der Waals surface area (Å²) < 4.78 is 5.57. The lowest BCUT2D eigenvalue weighted by Crippen LogP contribution is -2.37. The summed E-state index contributed by atoms with van der Waals surface area (Å²) in [4.78, 5) is 46.8. The Morgan fingerprint density at radius 1 is 0.382 bits per heavy atom. The third kappa shape index (κ3) is 56.3. The van der Waals surface area contributed by atoms with Crippen molar-refractivity contribution in [2.45, 2.75) is 219 Å². The molecule has 4 amide bonds. The van der Waals surface area contributed by atoms with Crippen LogP contribution in [0.15, 0.2) is 0 Å². The van der Waals surface area contributed by atoms with Crippen LogP contribution in [0.2, 0.25) is 0 Å². The van der Waals surface area contributed by atoms with E-state index >= 15 is 0 Å². The summed E-state index contributed by atoms with van der Waals surface area (Å²) in [7, 11) is 0. The predicted molar refractivity (Wildman–Crippen MR) is 235 cm³/mol. The van der Waals surface area contributed by atoms with Crippen molar-refractivity contribution in [3.05, 3.63) is 0 Å². The fourth-order valence-electron chi connectivity index (χ4n) is 5.26. The maximum Gasteiger partial charge on any atom is 0.221 e. The van der Waals surface area contributed by atoms with Crippen LogP contribution < -0.4 is 21.3 Å². The van der Waals surface area contributed by atoms with Gasteiger partial charge in [0.15, 0.2) is 0 Å². The summed E-state index contributed by atoms with van der Waals surface area (Å²) in [5.74, 6) is 0.326. The molecule has 0 spiro atoms. The summed E-state index contributed by atoms with van der Waals surface area (Å²) in [5.41, 5.74) is 1.36. The van der Waals surface area contributed by atoms with Crippen molar-refractivity contribution in [1.82, 2.24) is 21.3 Å². The molecule has 0 fully saturated rings. The number of hydrogen-bond donors (Lipinski definition) is 4. The molecule has 0 rings (SSSR count). The molecule has 9 nitrogen and oxygen atoms in total. The van der Waals surface area contributed by atoms with Crippen LogP contribution in [0.25, 0.3) is 0 Å². The lowest BCUT2D eigenvalue weighted by Gasteiger charge is -2.17. The SMILES string of the molecule is CC(C)(C)CCCCC(=O)NCCCOCCCNC(=O)CCCCC(C)(C)C.CC(C)(C)CCCCC(=O)NCNC(=O)CCCCC(C)(C)C.CCC. The van der Waals surface area contributed by atoms with Crippen molar-refractivity contribution in [3.8, 4) is 0 Å². The molecule has 0 aliphatic carbocycles. The number of unbranched alkanes of at least 4 members (excludes halogenated alkanes) is 4. The molecule has 0 unspecified atom stereocenters. The van der Waals surface area contributed by atoms with E-state index in [0.717, 1.165) is 89.9 Å². The van der Waals surface area contributed by atoms with Crippen molar-refractivity contribution >= 4 is 23.6 Å². The average molecular weight is 783 g/mol. The second-order valence-electron chi connectivity index (χ2n) is 20.2. The Labute approximate surface area is 341 Å². The van der Waals surface area contributed by atoms with Gasteiger partial charge in [-0.3, -0.25) is 19.2 Å². The molecule has 0 saturated heterocycles. The minimum atomic E-state index is 0.0203. The summed E-state index contributed by atoms with van der Waals surface area (Å²) in [6, 6.07) is 0. The topological polar surface area (TPSA) is 126 Å². The third-order valence-electron chi connectivity index (χ3n) is 8.47. The molecule has 0 aliphatic heterocycles. The maximum atomic E-state index is 11.8. The Kier molecular flexibility index (Phi) is 35.3. The van der Waals surface area contributed by atoms with Gasteiger partial charge in [-0.25, -0.2) is 0 Å². The first-order valence-corrected chi connectivity index (χ1v) is 22.1. The van der Waals surface area contributed by atoms with E-state index in [4.69, 9.17) is 4.74 Å². The molecule has 328 valence electrons. The van der Waals surface area contributed by atoms with Gasteiger partial charge in [-0.15, -0.1) is 0 Å². The first-order chi connectivity index (χ1) is 25.4. The minimum Gasteiger partial charge on any atom is -0.381 e. The van der Waals surface area contributed by atoms with Crippen molar-refractivity contribution in [2.24, 2.45) is 21.7 Å². The zero-order valence-electron chi connectivity index (χ0n) is 39.0. The molecular weight excluding hydrogens is 689 g/mol. The summed E-state index contributed by atoms with van der Waals surface area (Å²) >= 11 is 0. The summed E-state index contributed by atoms with van der Waals surface area (Å²) in [6.07, 6.45) is 17.9.